The Balaban J connectivity index is 1.42. The van der Waals surface area contributed by atoms with Crippen LogP contribution in [0.1, 0.15) is 12.8 Å². The number of carbonyl (C=O) groups is 2. The van der Waals surface area contributed by atoms with Gasteiger partial charge < -0.3 is 10.6 Å². The summed E-state index contributed by atoms with van der Waals surface area (Å²) in [5, 5.41) is 6.82. The molecule has 2 amide bonds. The number of hydrogen-bond acceptors (Lipinski definition) is 4. The quantitative estimate of drug-likeness (QED) is 0.793. The number of carbonyl (C=O) groups excluding carboxylic acids is 2. The molecule has 2 heterocycles. The summed E-state index contributed by atoms with van der Waals surface area (Å²) in [6, 6.07) is 10.4. The van der Waals surface area contributed by atoms with Gasteiger partial charge in [0.2, 0.25) is 11.8 Å². The second-order valence-corrected chi connectivity index (χ2v) is 7.33. The number of pyridine rings is 1. The molecule has 2 N–H and O–H groups in total. The van der Waals surface area contributed by atoms with Gasteiger partial charge in [-0.2, -0.15) is 0 Å². The van der Waals surface area contributed by atoms with Gasteiger partial charge in [0.15, 0.2) is 0 Å². The average Bonchev–Trinajstić information content (AvgIpc) is 2.66. The van der Waals surface area contributed by atoms with Gasteiger partial charge in [0, 0.05) is 22.8 Å². The lowest BCUT2D eigenvalue weighted by atomic mass is 9.96. The molecule has 6 nitrogen and oxygen atoms in total. The van der Waals surface area contributed by atoms with Crippen LogP contribution in [0, 0.1) is 5.92 Å². The van der Waals surface area contributed by atoms with Gasteiger partial charge in [0.05, 0.1) is 11.6 Å². The van der Waals surface area contributed by atoms with Crippen molar-refractivity contribution >= 4 is 46.5 Å². The highest BCUT2D eigenvalue weighted by Crippen LogP contribution is 2.20. The number of aromatic nitrogens is 1. The summed E-state index contributed by atoms with van der Waals surface area (Å²) in [5.74, 6) is 0.285. The van der Waals surface area contributed by atoms with Crippen LogP contribution in [0.15, 0.2) is 42.6 Å². The minimum Gasteiger partial charge on any atom is -0.325 e. The Hall–Kier alpha value is -2.15. The fourth-order valence-electron chi connectivity index (χ4n) is 2.97. The van der Waals surface area contributed by atoms with Gasteiger partial charge in [0.1, 0.15) is 5.82 Å². The molecule has 1 aromatic heterocycles. The van der Waals surface area contributed by atoms with Crippen molar-refractivity contribution in [3.8, 4) is 0 Å². The van der Waals surface area contributed by atoms with Crippen LogP contribution in [0.25, 0.3) is 0 Å². The molecule has 1 fully saturated rings. The highest BCUT2D eigenvalue weighted by Gasteiger charge is 2.26. The molecule has 1 saturated heterocycles. The minimum absolute atomic E-state index is 0.0462. The molecule has 1 aliphatic heterocycles. The number of likely N-dealkylation sites (tertiary alicyclic amines) is 1. The van der Waals surface area contributed by atoms with E-state index >= 15 is 0 Å². The first-order valence-electron chi connectivity index (χ1n) is 8.70. The van der Waals surface area contributed by atoms with Crippen molar-refractivity contribution in [3.05, 3.63) is 52.6 Å². The van der Waals surface area contributed by atoms with E-state index in [-0.39, 0.29) is 17.7 Å². The number of nitrogens with zero attached hydrogens (tertiary/aromatic N) is 2. The first-order chi connectivity index (χ1) is 13.0. The molecule has 3 rings (SSSR count). The van der Waals surface area contributed by atoms with Crippen LogP contribution in [0.3, 0.4) is 0 Å². The molecule has 0 radical (unpaired) electrons. The van der Waals surface area contributed by atoms with E-state index in [1.165, 1.54) is 6.20 Å². The normalized spacial score (nSPS) is 15.3. The number of piperidine rings is 1. The fraction of sp³-hybridized carbons (Fsp3) is 0.316. The maximum absolute atomic E-state index is 12.4. The van der Waals surface area contributed by atoms with E-state index in [2.05, 4.69) is 20.5 Å². The monoisotopic (exact) mass is 406 g/mol. The maximum atomic E-state index is 12.4. The van der Waals surface area contributed by atoms with Crippen LogP contribution >= 0.6 is 23.2 Å². The topological polar surface area (TPSA) is 74.3 Å². The van der Waals surface area contributed by atoms with Gasteiger partial charge in [-0.1, -0.05) is 23.2 Å². The Morgan fingerprint density at radius 3 is 2.30 bits per heavy atom. The predicted molar refractivity (Wildman–Crippen MR) is 107 cm³/mol. The summed E-state index contributed by atoms with van der Waals surface area (Å²) in [6.45, 7) is 1.69. The number of hydrogen-bond donors (Lipinski definition) is 2. The highest BCUT2D eigenvalue weighted by atomic mass is 35.5. The Morgan fingerprint density at radius 1 is 1.00 bits per heavy atom. The van der Waals surface area contributed by atoms with Crippen molar-refractivity contribution < 1.29 is 9.59 Å². The first-order valence-corrected chi connectivity index (χ1v) is 9.45. The number of halogens is 2. The van der Waals surface area contributed by atoms with E-state index in [1.54, 1.807) is 36.4 Å². The lowest BCUT2D eigenvalue weighted by molar-refractivity contribution is -0.121. The zero-order valence-electron chi connectivity index (χ0n) is 14.6. The molecule has 0 atom stereocenters. The summed E-state index contributed by atoms with van der Waals surface area (Å²) in [4.78, 5) is 30.7. The summed E-state index contributed by atoms with van der Waals surface area (Å²) in [5.41, 5.74) is 0.717. The molecule has 1 aliphatic rings. The lowest BCUT2D eigenvalue weighted by Gasteiger charge is -2.30. The SMILES string of the molecule is O=C(CN1CCC(C(=O)Nc2ccc(Cl)cn2)CC1)Nc1ccc(Cl)cc1. The number of amides is 2. The Bertz CT molecular complexity index is 788. The van der Waals surface area contributed by atoms with Crippen molar-refractivity contribution in [2.45, 2.75) is 12.8 Å². The van der Waals surface area contributed by atoms with Gasteiger partial charge in [-0.3, -0.25) is 14.5 Å². The molecular formula is C19H20Cl2N4O2. The van der Waals surface area contributed by atoms with E-state index in [9.17, 15) is 9.59 Å². The molecular weight excluding hydrogens is 387 g/mol. The van der Waals surface area contributed by atoms with Crippen molar-refractivity contribution in [3.63, 3.8) is 0 Å². The second-order valence-electron chi connectivity index (χ2n) is 6.46. The van der Waals surface area contributed by atoms with E-state index in [0.29, 0.717) is 54.0 Å². The van der Waals surface area contributed by atoms with Gasteiger partial charge >= 0.3 is 0 Å². The van der Waals surface area contributed by atoms with Crippen LogP contribution in [-0.2, 0) is 9.59 Å². The second kappa shape index (κ2) is 9.17. The van der Waals surface area contributed by atoms with Crippen LogP contribution in [-0.4, -0.2) is 41.3 Å². The summed E-state index contributed by atoms with van der Waals surface area (Å²) >= 11 is 11.6. The summed E-state index contributed by atoms with van der Waals surface area (Å²) < 4.78 is 0. The number of anilines is 2. The van der Waals surface area contributed by atoms with Gasteiger partial charge in [-0.15, -0.1) is 0 Å². The number of rotatable bonds is 5. The highest BCUT2D eigenvalue weighted by molar-refractivity contribution is 6.30. The minimum atomic E-state index is -0.0851. The van der Waals surface area contributed by atoms with Crippen LogP contribution in [0.5, 0.6) is 0 Å². The lowest BCUT2D eigenvalue weighted by Crippen LogP contribution is -2.41. The Morgan fingerprint density at radius 2 is 1.67 bits per heavy atom. The molecule has 0 bridgehead atoms. The smallest absolute Gasteiger partial charge is 0.238 e. The van der Waals surface area contributed by atoms with Gasteiger partial charge in [0.25, 0.3) is 0 Å². The molecule has 0 aliphatic carbocycles. The van der Waals surface area contributed by atoms with Gasteiger partial charge in [-0.25, -0.2) is 4.98 Å². The van der Waals surface area contributed by atoms with Crippen molar-refractivity contribution in [1.29, 1.82) is 0 Å². The average molecular weight is 407 g/mol. The van der Waals surface area contributed by atoms with Crippen molar-refractivity contribution in [2.75, 3.05) is 30.3 Å². The summed E-state index contributed by atoms with van der Waals surface area (Å²) in [6.07, 6.45) is 2.90. The van der Waals surface area contributed by atoms with Gasteiger partial charge in [-0.05, 0) is 62.3 Å². The molecule has 1 aromatic carbocycles. The first kappa shape index (κ1) is 19.6. The third kappa shape index (κ3) is 5.92. The molecule has 2 aromatic rings. The van der Waals surface area contributed by atoms with E-state index in [0.717, 1.165) is 0 Å². The van der Waals surface area contributed by atoms with E-state index in [1.807, 2.05) is 0 Å². The van der Waals surface area contributed by atoms with Crippen LogP contribution in [0.2, 0.25) is 10.0 Å². The third-order valence-electron chi connectivity index (χ3n) is 4.43. The molecule has 0 unspecified atom stereocenters. The van der Waals surface area contributed by atoms with Crippen LogP contribution < -0.4 is 10.6 Å². The molecule has 142 valence electrons. The third-order valence-corrected chi connectivity index (χ3v) is 4.91. The predicted octanol–water partition coefficient (Wildman–Crippen LogP) is 3.68. The number of nitrogens with one attached hydrogen (secondary N) is 2. The standard InChI is InChI=1S/C19H20Cl2N4O2/c20-14-1-4-16(5-2-14)23-18(26)12-25-9-7-13(8-10-25)19(27)24-17-6-3-15(21)11-22-17/h1-6,11,13H,7-10,12H2,(H,23,26)(H,22,24,27). The maximum Gasteiger partial charge on any atom is 0.238 e. The molecule has 8 heteroatoms. The van der Waals surface area contributed by atoms with E-state index in [4.69, 9.17) is 23.2 Å². The Labute approximate surface area is 167 Å². The zero-order valence-corrected chi connectivity index (χ0v) is 16.1. The largest absolute Gasteiger partial charge is 0.325 e. The van der Waals surface area contributed by atoms with Crippen LogP contribution in [0.4, 0.5) is 11.5 Å². The Kier molecular flexibility index (Phi) is 6.66. The fourth-order valence-corrected chi connectivity index (χ4v) is 3.21. The van der Waals surface area contributed by atoms with Crippen molar-refractivity contribution in [1.82, 2.24) is 9.88 Å². The molecule has 0 spiro atoms. The molecule has 27 heavy (non-hydrogen) atoms. The number of benzene rings is 1. The zero-order chi connectivity index (χ0) is 19.2. The van der Waals surface area contributed by atoms with E-state index < -0.39 is 0 Å². The van der Waals surface area contributed by atoms with Crippen molar-refractivity contribution in [2.24, 2.45) is 5.92 Å². The molecule has 0 saturated carbocycles. The summed E-state index contributed by atoms with van der Waals surface area (Å²) in [7, 11) is 0.